The molecular weight excluding hydrogens is 212 g/mol. The highest BCUT2D eigenvalue weighted by Crippen LogP contribution is 2.14. The summed E-state index contributed by atoms with van der Waals surface area (Å²) in [5.74, 6) is 0.881. The standard InChI is InChI=1S/C11H11ClN2O/c1-2-11-13-8-4-3-7(10(15)6-12)5-9(8)14-11/h3-5H,2,6H2,1H3,(H,13,14). The zero-order chi connectivity index (χ0) is 10.8. The first kappa shape index (κ1) is 10.2. The average molecular weight is 223 g/mol. The minimum absolute atomic E-state index is 0.0142. The molecule has 0 fully saturated rings. The molecule has 0 spiro atoms. The molecular formula is C11H11ClN2O. The van der Waals surface area contributed by atoms with Gasteiger partial charge in [0.15, 0.2) is 5.78 Å². The highest BCUT2D eigenvalue weighted by molar-refractivity contribution is 6.30. The van der Waals surface area contributed by atoms with Crippen LogP contribution in [0.2, 0.25) is 0 Å². The van der Waals surface area contributed by atoms with Crippen molar-refractivity contribution >= 4 is 28.4 Å². The van der Waals surface area contributed by atoms with E-state index in [-0.39, 0.29) is 11.7 Å². The molecule has 0 bridgehead atoms. The van der Waals surface area contributed by atoms with Crippen LogP contribution in [0.1, 0.15) is 23.1 Å². The molecule has 0 atom stereocenters. The molecule has 3 nitrogen and oxygen atoms in total. The smallest absolute Gasteiger partial charge is 0.177 e. The largest absolute Gasteiger partial charge is 0.342 e. The van der Waals surface area contributed by atoms with Gasteiger partial charge in [-0.3, -0.25) is 4.79 Å². The monoisotopic (exact) mass is 222 g/mol. The molecule has 1 aromatic heterocycles. The predicted octanol–water partition coefficient (Wildman–Crippen LogP) is 2.55. The second-order valence-electron chi connectivity index (χ2n) is 3.33. The molecule has 0 saturated heterocycles. The lowest BCUT2D eigenvalue weighted by molar-refractivity contribution is 0.102. The summed E-state index contributed by atoms with van der Waals surface area (Å²) in [6.45, 7) is 2.03. The van der Waals surface area contributed by atoms with E-state index < -0.39 is 0 Å². The third-order valence-electron chi connectivity index (χ3n) is 2.31. The molecule has 4 heteroatoms. The van der Waals surface area contributed by atoms with Gasteiger partial charge in [-0.2, -0.15) is 0 Å². The molecule has 0 saturated carbocycles. The fourth-order valence-corrected chi connectivity index (χ4v) is 1.63. The first-order valence-corrected chi connectivity index (χ1v) is 5.36. The van der Waals surface area contributed by atoms with Crippen molar-refractivity contribution < 1.29 is 4.79 Å². The number of Topliss-reactive ketones (excluding diaryl/α,β-unsaturated/α-hetero) is 1. The van der Waals surface area contributed by atoms with Crippen molar-refractivity contribution in [1.82, 2.24) is 9.97 Å². The summed E-state index contributed by atoms with van der Waals surface area (Å²) in [5, 5.41) is 0. The zero-order valence-corrected chi connectivity index (χ0v) is 9.14. The highest BCUT2D eigenvalue weighted by atomic mass is 35.5. The van der Waals surface area contributed by atoms with Gasteiger partial charge in [-0.15, -0.1) is 11.6 Å². The van der Waals surface area contributed by atoms with Gasteiger partial charge in [0.2, 0.25) is 0 Å². The van der Waals surface area contributed by atoms with Gasteiger partial charge in [0.1, 0.15) is 5.82 Å². The highest BCUT2D eigenvalue weighted by Gasteiger charge is 2.07. The molecule has 1 heterocycles. The summed E-state index contributed by atoms with van der Waals surface area (Å²) >= 11 is 5.49. The Kier molecular flexibility index (Phi) is 2.73. The van der Waals surface area contributed by atoms with Crippen LogP contribution in [0, 0.1) is 0 Å². The van der Waals surface area contributed by atoms with Crippen LogP contribution in [0.25, 0.3) is 11.0 Å². The number of aromatic amines is 1. The van der Waals surface area contributed by atoms with Gasteiger partial charge in [0, 0.05) is 12.0 Å². The fraction of sp³-hybridized carbons (Fsp3) is 0.273. The third-order valence-corrected chi connectivity index (χ3v) is 2.55. The number of imidazole rings is 1. The summed E-state index contributed by atoms with van der Waals surface area (Å²) in [7, 11) is 0. The van der Waals surface area contributed by atoms with E-state index in [4.69, 9.17) is 11.6 Å². The maximum absolute atomic E-state index is 11.4. The van der Waals surface area contributed by atoms with Crippen LogP contribution in [0.4, 0.5) is 0 Å². The summed E-state index contributed by atoms with van der Waals surface area (Å²) < 4.78 is 0. The minimum Gasteiger partial charge on any atom is -0.342 e. The molecule has 1 N–H and O–H groups in total. The Hall–Kier alpha value is -1.35. The number of aryl methyl sites for hydroxylation is 1. The zero-order valence-electron chi connectivity index (χ0n) is 8.38. The Bertz CT molecular complexity index is 504. The van der Waals surface area contributed by atoms with Gasteiger partial charge in [-0.25, -0.2) is 4.98 Å². The second kappa shape index (κ2) is 4.03. The van der Waals surface area contributed by atoms with Crippen LogP contribution in [0.3, 0.4) is 0 Å². The van der Waals surface area contributed by atoms with Crippen LogP contribution >= 0.6 is 11.6 Å². The maximum atomic E-state index is 11.4. The SMILES string of the molecule is CCc1nc2ccc(C(=O)CCl)cc2[nH]1. The summed E-state index contributed by atoms with van der Waals surface area (Å²) in [6, 6.07) is 5.39. The van der Waals surface area contributed by atoms with E-state index in [1.807, 2.05) is 13.0 Å². The Labute approximate surface area is 92.5 Å². The molecule has 0 aliphatic carbocycles. The van der Waals surface area contributed by atoms with E-state index in [0.717, 1.165) is 23.3 Å². The van der Waals surface area contributed by atoms with Gasteiger partial charge < -0.3 is 4.98 Å². The third kappa shape index (κ3) is 1.88. The Balaban J connectivity index is 2.50. The van der Waals surface area contributed by atoms with Crippen molar-refractivity contribution in [2.45, 2.75) is 13.3 Å². The van der Waals surface area contributed by atoms with Gasteiger partial charge in [-0.1, -0.05) is 6.92 Å². The minimum atomic E-state index is -0.0637. The summed E-state index contributed by atoms with van der Waals surface area (Å²) in [4.78, 5) is 18.9. The average Bonchev–Trinajstić information content (AvgIpc) is 2.69. The van der Waals surface area contributed by atoms with E-state index in [0.29, 0.717) is 5.56 Å². The van der Waals surface area contributed by atoms with Gasteiger partial charge in [0.25, 0.3) is 0 Å². The number of halogens is 1. The summed E-state index contributed by atoms with van der Waals surface area (Å²) in [5.41, 5.74) is 2.41. The first-order valence-electron chi connectivity index (χ1n) is 4.82. The number of carbonyl (C=O) groups excluding carboxylic acids is 1. The normalized spacial score (nSPS) is 10.8. The molecule has 0 aliphatic rings. The van der Waals surface area contributed by atoms with Crippen LogP contribution in [0.5, 0.6) is 0 Å². The number of ketones is 1. The lowest BCUT2D eigenvalue weighted by Gasteiger charge is -1.95. The molecule has 0 aliphatic heterocycles. The second-order valence-corrected chi connectivity index (χ2v) is 3.59. The predicted molar refractivity (Wildman–Crippen MR) is 60.5 cm³/mol. The topological polar surface area (TPSA) is 45.8 Å². The molecule has 78 valence electrons. The summed E-state index contributed by atoms with van der Waals surface area (Å²) in [6.07, 6.45) is 0.855. The molecule has 0 amide bonds. The van der Waals surface area contributed by atoms with Gasteiger partial charge >= 0.3 is 0 Å². The number of carbonyl (C=O) groups is 1. The quantitative estimate of drug-likeness (QED) is 0.641. The number of hydrogen-bond donors (Lipinski definition) is 1. The van der Waals surface area contributed by atoms with Crippen LogP contribution in [-0.2, 0) is 6.42 Å². The van der Waals surface area contributed by atoms with E-state index in [1.165, 1.54) is 0 Å². The lowest BCUT2D eigenvalue weighted by atomic mass is 10.1. The number of aromatic nitrogens is 2. The van der Waals surface area contributed by atoms with Crippen molar-refractivity contribution in [3.05, 3.63) is 29.6 Å². The number of alkyl halides is 1. The van der Waals surface area contributed by atoms with Crippen molar-refractivity contribution in [3.8, 4) is 0 Å². The lowest BCUT2D eigenvalue weighted by Crippen LogP contribution is -1.99. The Morgan fingerprint density at radius 2 is 2.33 bits per heavy atom. The van der Waals surface area contributed by atoms with E-state index in [2.05, 4.69) is 9.97 Å². The fourth-order valence-electron chi connectivity index (χ4n) is 1.48. The van der Waals surface area contributed by atoms with Crippen LogP contribution < -0.4 is 0 Å². The van der Waals surface area contributed by atoms with E-state index in [9.17, 15) is 4.79 Å². The van der Waals surface area contributed by atoms with Crippen molar-refractivity contribution in [2.75, 3.05) is 5.88 Å². The number of H-pyrrole nitrogens is 1. The van der Waals surface area contributed by atoms with Crippen molar-refractivity contribution in [3.63, 3.8) is 0 Å². The van der Waals surface area contributed by atoms with Gasteiger partial charge in [-0.05, 0) is 18.2 Å². The molecule has 2 aromatic rings. The van der Waals surface area contributed by atoms with Crippen molar-refractivity contribution in [1.29, 1.82) is 0 Å². The van der Waals surface area contributed by atoms with Crippen LogP contribution in [0.15, 0.2) is 18.2 Å². The van der Waals surface area contributed by atoms with E-state index >= 15 is 0 Å². The van der Waals surface area contributed by atoms with Crippen molar-refractivity contribution in [2.24, 2.45) is 0 Å². The molecule has 0 unspecified atom stereocenters. The van der Waals surface area contributed by atoms with E-state index in [1.54, 1.807) is 12.1 Å². The number of rotatable bonds is 3. The molecule has 2 rings (SSSR count). The Morgan fingerprint density at radius 3 is 3.00 bits per heavy atom. The molecule has 15 heavy (non-hydrogen) atoms. The Morgan fingerprint density at radius 1 is 1.53 bits per heavy atom. The number of nitrogens with zero attached hydrogens (tertiary/aromatic N) is 1. The molecule has 0 radical (unpaired) electrons. The number of fused-ring (bicyclic) bond motifs is 1. The first-order chi connectivity index (χ1) is 7.24. The van der Waals surface area contributed by atoms with Crippen LogP contribution in [-0.4, -0.2) is 21.6 Å². The van der Waals surface area contributed by atoms with Gasteiger partial charge in [0.05, 0.1) is 16.9 Å². The maximum Gasteiger partial charge on any atom is 0.177 e. The number of nitrogens with one attached hydrogen (secondary N) is 1. The number of hydrogen-bond acceptors (Lipinski definition) is 2. The molecule has 1 aromatic carbocycles. The number of benzene rings is 1.